The van der Waals surface area contributed by atoms with Crippen molar-refractivity contribution < 1.29 is 4.74 Å². The molecule has 1 saturated carbocycles. The van der Waals surface area contributed by atoms with E-state index in [1.54, 1.807) is 0 Å². The van der Waals surface area contributed by atoms with Gasteiger partial charge in [-0.15, -0.1) is 0 Å². The summed E-state index contributed by atoms with van der Waals surface area (Å²) in [5.41, 5.74) is 6.19. The summed E-state index contributed by atoms with van der Waals surface area (Å²) in [6, 6.07) is 0. The monoisotopic (exact) mass is 214 g/mol. The molecule has 0 aromatic carbocycles. The van der Waals surface area contributed by atoms with Gasteiger partial charge in [0.25, 0.3) is 0 Å². The van der Waals surface area contributed by atoms with Crippen LogP contribution in [0.1, 0.15) is 39.0 Å². The lowest BCUT2D eigenvalue weighted by Crippen LogP contribution is -2.51. The lowest BCUT2D eigenvalue weighted by Gasteiger charge is -2.37. The molecule has 0 bridgehead atoms. The van der Waals surface area contributed by atoms with Crippen molar-refractivity contribution in [2.24, 2.45) is 5.73 Å². The lowest BCUT2D eigenvalue weighted by molar-refractivity contribution is 0.0657. The molecule has 3 heteroatoms. The Kier molecular flexibility index (Phi) is 5.58. The van der Waals surface area contributed by atoms with Crippen LogP contribution in [0.25, 0.3) is 0 Å². The Morgan fingerprint density at radius 1 is 1.27 bits per heavy atom. The second-order valence-corrected chi connectivity index (χ2v) is 4.67. The topological polar surface area (TPSA) is 38.5 Å². The van der Waals surface area contributed by atoms with Gasteiger partial charge >= 0.3 is 0 Å². The van der Waals surface area contributed by atoms with Crippen LogP contribution in [0.4, 0.5) is 0 Å². The zero-order chi connectivity index (χ0) is 11.1. The first-order valence-corrected chi connectivity index (χ1v) is 6.24. The van der Waals surface area contributed by atoms with Gasteiger partial charge in [-0.3, -0.25) is 4.90 Å². The third-order valence-corrected chi connectivity index (χ3v) is 3.64. The third-order valence-electron chi connectivity index (χ3n) is 3.64. The fourth-order valence-electron chi connectivity index (χ4n) is 2.46. The molecule has 0 heterocycles. The van der Waals surface area contributed by atoms with Gasteiger partial charge in [0.1, 0.15) is 0 Å². The summed E-state index contributed by atoms with van der Waals surface area (Å²) in [5, 5.41) is 0. The van der Waals surface area contributed by atoms with Crippen molar-refractivity contribution >= 4 is 0 Å². The Labute approximate surface area is 94.0 Å². The molecule has 0 spiro atoms. The Morgan fingerprint density at radius 3 is 2.47 bits per heavy atom. The van der Waals surface area contributed by atoms with E-state index in [0.717, 1.165) is 32.7 Å². The number of hydrogen-bond donors (Lipinski definition) is 1. The molecule has 90 valence electrons. The van der Waals surface area contributed by atoms with Crippen molar-refractivity contribution in [2.45, 2.75) is 44.6 Å². The average Bonchev–Trinajstić information content (AvgIpc) is 2.74. The highest BCUT2D eigenvalue weighted by atomic mass is 16.5. The van der Waals surface area contributed by atoms with Crippen LogP contribution < -0.4 is 5.73 Å². The molecule has 0 radical (unpaired) electrons. The SMILES string of the molecule is CCCOCCN(C)C1(CN)CCCC1. The average molecular weight is 214 g/mol. The molecule has 1 rings (SSSR count). The van der Waals surface area contributed by atoms with Gasteiger partial charge in [0.05, 0.1) is 6.61 Å². The largest absolute Gasteiger partial charge is 0.380 e. The molecule has 0 saturated heterocycles. The predicted octanol–water partition coefficient (Wildman–Crippen LogP) is 1.62. The second-order valence-electron chi connectivity index (χ2n) is 4.67. The molecule has 0 aromatic rings. The molecule has 1 aliphatic rings. The van der Waals surface area contributed by atoms with Crippen LogP contribution in [-0.2, 0) is 4.74 Å². The maximum Gasteiger partial charge on any atom is 0.0593 e. The molecule has 3 nitrogen and oxygen atoms in total. The number of hydrogen-bond acceptors (Lipinski definition) is 3. The van der Waals surface area contributed by atoms with Crippen molar-refractivity contribution in [1.82, 2.24) is 4.90 Å². The first-order valence-electron chi connectivity index (χ1n) is 6.24. The predicted molar refractivity (Wildman–Crippen MR) is 64.0 cm³/mol. The fraction of sp³-hybridized carbons (Fsp3) is 1.00. The van der Waals surface area contributed by atoms with Crippen LogP contribution in [-0.4, -0.2) is 43.8 Å². The van der Waals surface area contributed by atoms with Crippen molar-refractivity contribution in [3.8, 4) is 0 Å². The van der Waals surface area contributed by atoms with E-state index in [2.05, 4.69) is 18.9 Å². The number of likely N-dealkylation sites (N-methyl/N-ethyl adjacent to an activating group) is 1. The van der Waals surface area contributed by atoms with Crippen LogP contribution in [0.3, 0.4) is 0 Å². The quantitative estimate of drug-likeness (QED) is 0.654. The van der Waals surface area contributed by atoms with E-state index in [0.29, 0.717) is 0 Å². The summed E-state index contributed by atoms with van der Waals surface area (Å²) in [4.78, 5) is 2.41. The molecule has 0 unspecified atom stereocenters. The maximum absolute atomic E-state index is 5.92. The molecule has 15 heavy (non-hydrogen) atoms. The van der Waals surface area contributed by atoms with E-state index >= 15 is 0 Å². The van der Waals surface area contributed by atoms with E-state index in [4.69, 9.17) is 10.5 Å². The Balaban J connectivity index is 2.27. The number of nitrogens with two attached hydrogens (primary N) is 1. The Bertz CT molecular complexity index is 167. The van der Waals surface area contributed by atoms with Crippen LogP contribution in [0.2, 0.25) is 0 Å². The molecular formula is C12H26N2O. The van der Waals surface area contributed by atoms with Gasteiger partial charge in [-0.1, -0.05) is 19.8 Å². The number of ether oxygens (including phenoxy) is 1. The maximum atomic E-state index is 5.92. The van der Waals surface area contributed by atoms with Crippen LogP contribution in [0, 0.1) is 0 Å². The first kappa shape index (κ1) is 12.9. The van der Waals surface area contributed by atoms with Gasteiger partial charge in [-0.25, -0.2) is 0 Å². The zero-order valence-electron chi connectivity index (χ0n) is 10.3. The summed E-state index contributed by atoms with van der Waals surface area (Å²) >= 11 is 0. The minimum absolute atomic E-state index is 0.273. The molecular weight excluding hydrogens is 188 g/mol. The molecule has 0 amide bonds. The molecule has 0 aliphatic heterocycles. The van der Waals surface area contributed by atoms with Crippen LogP contribution in [0.15, 0.2) is 0 Å². The molecule has 0 atom stereocenters. The van der Waals surface area contributed by atoms with Crippen molar-refractivity contribution in [3.05, 3.63) is 0 Å². The minimum Gasteiger partial charge on any atom is -0.380 e. The van der Waals surface area contributed by atoms with E-state index in [9.17, 15) is 0 Å². The summed E-state index contributed by atoms with van der Waals surface area (Å²) in [6.07, 6.45) is 6.28. The normalized spacial score (nSPS) is 20.0. The van der Waals surface area contributed by atoms with Crippen molar-refractivity contribution in [2.75, 3.05) is 33.4 Å². The van der Waals surface area contributed by atoms with E-state index in [1.165, 1.54) is 25.7 Å². The second kappa shape index (κ2) is 6.46. The van der Waals surface area contributed by atoms with E-state index in [-0.39, 0.29) is 5.54 Å². The summed E-state index contributed by atoms with van der Waals surface area (Å²) in [5.74, 6) is 0. The van der Waals surface area contributed by atoms with Gasteiger partial charge in [-0.2, -0.15) is 0 Å². The minimum atomic E-state index is 0.273. The van der Waals surface area contributed by atoms with Gasteiger partial charge in [-0.05, 0) is 26.3 Å². The van der Waals surface area contributed by atoms with E-state index < -0.39 is 0 Å². The van der Waals surface area contributed by atoms with Crippen molar-refractivity contribution in [1.29, 1.82) is 0 Å². The van der Waals surface area contributed by atoms with Gasteiger partial charge in [0.2, 0.25) is 0 Å². The lowest BCUT2D eigenvalue weighted by atomic mass is 9.96. The van der Waals surface area contributed by atoms with E-state index in [1.807, 2.05) is 0 Å². The standard InChI is InChI=1S/C12H26N2O/c1-3-9-15-10-8-14(2)12(11-13)6-4-5-7-12/h3-11,13H2,1-2H3. The molecule has 0 aromatic heterocycles. The molecule has 2 N–H and O–H groups in total. The summed E-state index contributed by atoms with van der Waals surface area (Å²) in [7, 11) is 2.19. The highest BCUT2D eigenvalue weighted by Gasteiger charge is 2.35. The van der Waals surface area contributed by atoms with Gasteiger partial charge in [0, 0.05) is 25.2 Å². The Morgan fingerprint density at radius 2 is 1.93 bits per heavy atom. The molecule has 1 fully saturated rings. The first-order chi connectivity index (χ1) is 7.25. The van der Waals surface area contributed by atoms with Gasteiger partial charge < -0.3 is 10.5 Å². The third kappa shape index (κ3) is 3.44. The van der Waals surface area contributed by atoms with Gasteiger partial charge in [0.15, 0.2) is 0 Å². The zero-order valence-corrected chi connectivity index (χ0v) is 10.3. The molecule has 1 aliphatic carbocycles. The number of nitrogens with zero attached hydrogens (tertiary/aromatic N) is 1. The Hall–Kier alpha value is -0.120. The summed E-state index contributed by atoms with van der Waals surface area (Å²) < 4.78 is 5.52. The summed E-state index contributed by atoms with van der Waals surface area (Å²) in [6.45, 7) is 5.66. The number of rotatable bonds is 7. The smallest absolute Gasteiger partial charge is 0.0593 e. The van der Waals surface area contributed by atoms with Crippen LogP contribution in [0.5, 0.6) is 0 Å². The van der Waals surface area contributed by atoms with Crippen LogP contribution >= 0.6 is 0 Å². The highest BCUT2D eigenvalue weighted by Crippen LogP contribution is 2.33. The fourth-order valence-corrected chi connectivity index (χ4v) is 2.46. The highest BCUT2D eigenvalue weighted by molar-refractivity contribution is 4.94. The van der Waals surface area contributed by atoms with Crippen molar-refractivity contribution in [3.63, 3.8) is 0 Å².